The molecular formula is C23H27Cl2N5O. The third-order valence-corrected chi connectivity index (χ3v) is 5.22. The molecule has 1 saturated heterocycles. The van der Waals surface area contributed by atoms with E-state index in [-0.39, 0.29) is 36.8 Å². The zero-order valence-electron chi connectivity index (χ0n) is 17.3. The minimum absolute atomic E-state index is 0. The molecule has 2 heterocycles. The second-order valence-electron chi connectivity index (χ2n) is 7.22. The van der Waals surface area contributed by atoms with E-state index in [4.69, 9.17) is 0 Å². The Balaban J connectivity index is 0.00000171. The molecule has 31 heavy (non-hydrogen) atoms. The molecule has 1 aliphatic heterocycles. The standard InChI is InChI=1S/C23H25N5O.2ClH/c1-24-20-10-8-17(9-11-20)18-5-2-6-19(15-18)22(29)27-21-7-3-14-28(16-21)23-25-12-4-13-26-23;;/h2,4-6,8-13,15,21,24H,3,7,14,16H2,1H3,(H,27,29);2*1H. The largest absolute Gasteiger partial charge is 0.388 e. The first-order valence-corrected chi connectivity index (χ1v) is 9.94. The molecule has 0 bridgehead atoms. The van der Waals surface area contributed by atoms with Crippen molar-refractivity contribution in [1.29, 1.82) is 0 Å². The fourth-order valence-electron chi connectivity index (χ4n) is 3.67. The molecule has 8 heteroatoms. The van der Waals surface area contributed by atoms with Crippen LogP contribution < -0.4 is 15.5 Å². The van der Waals surface area contributed by atoms with E-state index in [1.54, 1.807) is 12.4 Å². The van der Waals surface area contributed by atoms with Gasteiger partial charge < -0.3 is 15.5 Å². The number of nitrogens with zero attached hydrogens (tertiary/aromatic N) is 3. The first-order chi connectivity index (χ1) is 14.2. The number of anilines is 2. The number of benzene rings is 2. The summed E-state index contributed by atoms with van der Waals surface area (Å²) in [5, 5.41) is 6.30. The SMILES string of the molecule is CNc1ccc(-c2cccc(C(=O)NC3CCCN(c4ncccn4)C3)c2)cc1.Cl.Cl. The average molecular weight is 460 g/mol. The molecule has 0 radical (unpaired) electrons. The van der Waals surface area contributed by atoms with Crippen molar-refractivity contribution >= 4 is 42.4 Å². The minimum Gasteiger partial charge on any atom is -0.388 e. The van der Waals surface area contributed by atoms with Crippen LogP contribution in [0.15, 0.2) is 67.0 Å². The lowest BCUT2D eigenvalue weighted by Crippen LogP contribution is -2.48. The smallest absolute Gasteiger partial charge is 0.251 e. The van der Waals surface area contributed by atoms with Crippen molar-refractivity contribution in [2.24, 2.45) is 0 Å². The van der Waals surface area contributed by atoms with Gasteiger partial charge in [0.15, 0.2) is 0 Å². The molecule has 0 spiro atoms. The number of rotatable bonds is 5. The van der Waals surface area contributed by atoms with Gasteiger partial charge in [0.1, 0.15) is 0 Å². The Kier molecular flexibility index (Phi) is 9.09. The van der Waals surface area contributed by atoms with Crippen LogP contribution in [0.3, 0.4) is 0 Å². The maximum Gasteiger partial charge on any atom is 0.251 e. The summed E-state index contributed by atoms with van der Waals surface area (Å²) in [6.45, 7) is 1.63. The van der Waals surface area contributed by atoms with Crippen LogP contribution >= 0.6 is 24.8 Å². The second kappa shape index (κ2) is 11.5. The lowest BCUT2D eigenvalue weighted by Gasteiger charge is -2.33. The molecule has 0 saturated carbocycles. The van der Waals surface area contributed by atoms with Crippen molar-refractivity contribution in [1.82, 2.24) is 15.3 Å². The molecule has 1 fully saturated rings. The van der Waals surface area contributed by atoms with Crippen LogP contribution in [-0.4, -0.2) is 42.1 Å². The topological polar surface area (TPSA) is 70.2 Å². The highest BCUT2D eigenvalue weighted by Gasteiger charge is 2.23. The molecule has 3 aromatic rings. The molecule has 2 N–H and O–H groups in total. The Morgan fingerprint density at radius 3 is 2.45 bits per heavy atom. The monoisotopic (exact) mass is 459 g/mol. The number of amides is 1. The Bertz CT molecular complexity index is 969. The van der Waals surface area contributed by atoms with Gasteiger partial charge in [0.05, 0.1) is 0 Å². The third-order valence-electron chi connectivity index (χ3n) is 5.22. The van der Waals surface area contributed by atoms with Crippen LogP contribution in [0.25, 0.3) is 11.1 Å². The van der Waals surface area contributed by atoms with Crippen LogP contribution in [0.5, 0.6) is 0 Å². The number of aromatic nitrogens is 2. The number of hydrogen-bond donors (Lipinski definition) is 2. The van der Waals surface area contributed by atoms with Gasteiger partial charge in [-0.1, -0.05) is 24.3 Å². The quantitative estimate of drug-likeness (QED) is 0.590. The zero-order chi connectivity index (χ0) is 20.1. The number of piperidine rings is 1. The summed E-state index contributed by atoms with van der Waals surface area (Å²) in [6, 6.07) is 17.8. The van der Waals surface area contributed by atoms with Crippen molar-refractivity contribution < 1.29 is 4.79 Å². The van der Waals surface area contributed by atoms with Gasteiger partial charge in [0.2, 0.25) is 5.95 Å². The number of halogens is 2. The van der Waals surface area contributed by atoms with E-state index in [0.29, 0.717) is 5.56 Å². The van der Waals surface area contributed by atoms with E-state index in [1.165, 1.54) is 0 Å². The van der Waals surface area contributed by atoms with Crippen molar-refractivity contribution in [3.63, 3.8) is 0 Å². The minimum atomic E-state index is -0.0421. The van der Waals surface area contributed by atoms with Gasteiger partial charge in [-0.05, 0) is 54.3 Å². The molecule has 4 rings (SSSR count). The summed E-state index contributed by atoms with van der Waals surface area (Å²) in [4.78, 5) is 23.7. The van der Waals surface area contributed by atoms with Crippen molar-refractivity contribution in [3.05, 3.63) is 72.6 Å². The maximum absolute atomic E-state index is 12.9. The van der Waals surface area contributed by atoms with E-state index < -0.39 is 0 Å². The van der Waals surface area contributed by atoms with Crippen LogP contribution in [0.1, 0.15) is 23.2 Å². The van der Waals surface area contributed by atoms with Gasteiger partial charge in [-0.3, -0.25) is 4.79 Å². The normalized spacial score (nSPS) is 15.3. The van der Waals surface area contributed by atoms with Gasteiger partial charge in [-0.25, -0.2) is 9.97 Å². The first kappa shape index (κ1) is 24.4. The van der Waals surface area contributed by atoms with Gasteiger partial charge >= 0.3 is 0 Å². The summed E-state index contributed by atoms with van der Waals surface area (Å²) < 4.78 is 0. The van der Waals surface area contributed by atoms with Crippen LogP contribution in [0, 0.1) is 0 Å². The van der Waals surface area contributed by atoms with Gasteiger partial charge in [0, 0.05) is 49.8 Å². The fourth-order valence-corrected chi connectivity index (χ4v) is 3.67. The van der Waals surface area contributed by atoms with E-state index in [9.17, 15) is 4.79 Å². The van der Waals surface area contributed by atoms with Gasteiger partial charge in [-0.15, -0.1) is 24.8 Å². The van der Waals surface area contributed by atoms with E-state index in [1.807, 2.05) is 49.5 Å². The molecular weight excluding hydrogens is 433 g/mol. The molecule has 6 nitrogen and oxygen atoms in total. The molecule has 164 valence electrons. The summed E-state index contributed by atoms with van der Waals surface area (Å²) in [5.74, 6) is 0.679. The average Bonchev–Trinajstić information content (AvgIpc) is 2.80. The summed E-state index contributed by atoms with van der Waals surface area (Å²) >= 11 is 0. The summed E-state index contributed by atoms with van der Waals surface area (Å²) in [7, 11) is 1.90. The number of carbonyl (C=O) groups excluding carboxylic acids is 1. The first-order valence-electron chi connectivity index (χ1n) is 9.94. The van der Waals surface area contributed by atoms with Crippen molar-refractivity contribution in [3.8, 4) is 11.1 Å². The van der Waals surface area contributed by atoms with E-state index in [2.05, 4.69) is 37.6 Å². The van der Waals surface area contributed by atoms with Crippen molar-refractivity contribution in [2.75, 3.05) is 30.4 Å². The summed E-state index contributed by atoms with van der Waals surface area (Å²) in [5.41, 5.74) is 3.85. The molecule has 2 aromatic carbocycles. The van der Waals surface area contributed by atoms with Crippen LogP contribution in [-0.2, 0) is 0 Å². The number of nitrogens with one attached hydrogen (secondary N) is 2. The number of carbonyl (C=O) groups is 1. The van der Waals surface area contributed by atoms with Crippen LogP contribution in [0.2, 0.25) is 0 Å². The Morgan fingerprint density at radius 2 is 1.74 bits per heavy atom. The molecule has 0 aliphatic carbocycles. The highest BCUT2D eigenvalue weighted by Crippen LogP contribution is 2.23. The van der Waals surface area contributed by atoms with Gasteiger partial charge in [0.25, 0.3) is 5.91 Å². The molecule has 1 aromatic heterocycles. The predicted octanol–water partition coefficient (Wildman–Crippen LogP) is 4.43. The third kappa shape index (κ3) is 6.09. The van der Waals surface area contributed by atoms with Crippen LogP contribution in [0.4, 0.5) is 11.6 Å². The molecule has 1 amide bonds. The highest BCUT2D eigenvalue weighted by molar-refractivity contribution is 5.95. The zero-order valence-corrected chi connectivity index (χ0v) is 19.0. The highest BCUT2D eigenvalue weighted by atomic mass is 35.5. The second-order valence-corrected chi connectivity index (χ2v) is 7.22. The number of hydrogen-bond acceptors (Lipinski definition) is 5. The Morgan fingerprint density at radius 1 is 1.00 bits per heavy atom. The van der Waals surface area contributed by atoms with Crippen molar-refractivity contribution in [2.45, 2.75) is 18.9 Å². The lowest BCUT2D eigenvalue weighted by molar-refractivity contribution is 0.0933. The summed E-state index contributed by atoms with van der Waals surface area (Å²) in [6.07, 6.45) is 5.46. The lowest BCUT2D eigenvalue weighted by atomic mass is 10.0. The van der Waals surface area contributed by atoms with Gasteiger partial charge in [-0.2, -0.15) is 0 Å². The molecule has 1 aliphatic rings. The maximum atomic E-state index is 12.9. The molecule has 1 atom stereocenters. The Hall–Kier alpha value is -2.83. The predicted molar refractivity (Wildman–Crippen MR) is 131 cm³/mol. The van der Waals surface area contributed by atoms with E-state index >= 15 is 0 Å². The van der Waals surface area contributed by atoms with E-state index in [0.717, 1.165) is 48.7 Å². The fraction of sp³-hybridized carbons (Fsp3) is 0.261. The molecule has 1 unspecified atom stereocenters. The Labute approximate surface area is 195 Å².